The Morgan fingerprint density at radius 2 is 2.05 bits per heavy atom. The van der Waals surface area contributed by atoms with E-state index in [4.69, 9.17) is 15.6 Å². The fourth-order valence-corrected chi connectivity index (χ4v) is 2.20. The molecule has 8 heteroatoms. The molecule has 0 saturated carbocycles. The highest BCUT2D eigenvalue weighted by Crippen LogP contribution is 2.15. The highest BCUT2D eigenvalue weighted by molar-refractivity contribution is 5.85. The van der Waals surface area contributed by atoms with Crippen molar-refractivity contribution in [3.8, 4) is 0 Å². The van der Waals surface area contributed by atoms with Gasteiger partial charge in [0.2, 0.25) is 5.91 Å². The molecule has 1 saturated heterocycles. The molecule has 0 radical (unpaired) electrons. The van der Waals surface area contributed by atoms with E-state index in [-0.39, 0.29) is 5.92 Å². The van der Waals surface area contributed by atoms with Crippen LogP contribution in [0.2, 0.25) is 0 Å². The topological polar surface area (TPSA) is 113 Å². The van der Waals surface area contributed by atoms with Crippen molar-refractivity contribution in [1.82, 2.24) is 9.80 Å². The maximum Gasteiger partial charge on any atom is 0.323 e. The van der Waals surface area contributed by atoms with E-state index in [1.54, 1.807) is 7.05 Å². The number of hydrogen-bond donors (Lipinski definition) is 2. The predicted molar refractivity (Wildman–Crippen MR) is 70.0 cm³/mol. The van der Waals surface area contributed by atoms with E-state index in [1.165, 1.54) is 4.90 Å². The second kappa shape index (κ2) is 7.68. The summed E-state index contributed by atoms with van der Waals surface area (Å²) < 4.78 is 5.33. The zero-order chi connectivity index (χ0) is 15.1. The molecular weight excluding hydrogens is 266 g/mol. The van der Waals surface area contributed by atoms with Crippen LogP contribution in [-0.4, -0.2) is 72.7 Å². The fourth-order valence-electron chi connectivity index (χ4n) is 2.20. The molecule has 1 heterocycles. The number of carboxylic acids is 1. The van der Waals surface area contributed by atoms with Crippen LogP contribution in [0.25, 0.3) is 0 Å². The lowest BCUT2D eigenvalue weighted by Gasteiger charge is -2.30. The summed E-state index contributed by atoms with van der Waals surface area (Å²) in [7, 11) is 1.58. The van der Waals surface area contributed by atoms with Gasteiger partial charge in [-0.15, -0.1) is 0 Å². The van der Waals surface area contributed by atoms with Gasteiger partial charge in [-0.3, -0.25) is 9.59 Å². The summed E-state index contributed by atoms with van der Waals surface area (Å²) in [5.41, 5.74) is 5.03. The third kappa shape index (κ3) is 5.43. The number of nitrogens with zero attached hydrogens (tertiary/aromatic N) is 2. The molecule has 1 rings (SSSR count). The summed E-state index contributed by atoms with van der Waals surface area (Å²) in [6.45, 7) is 0.838. The van der Waals surface area contributed by atoms with Crippen LogP contribution in [0.5, 0.6) is 0 Å². The smallest absolute Gasteiger partial charge is 0.323 e. The van der Waals surface area contributed by atoms with E-state index in [1.807, 2.05) is 0 Å². The molecule has 1 unspecified atom stereocenters. The first-order valence-electron chi connectivity index (χ1n) is 6.48. The Morgan fingerprint density at radius 3 is 2.55 bits per heavy atom. The van der Waals surface area contributed by atoms with Gasteiger partial charge in [-0.25, -0.2) is 4.79 Å². The van der Waals surface area contributed by atoms with Crippen molar-refractivity contribution >= 4 is 17.9 Å². The molecule has 0 aromatic carbocycles. The van der Waals surface area contributed by atoms with Crippen LogP contribution < -0.4 is 5.73 Å². The molecule has 1 atom stereocenters. The molecule has 20 heavy (non-hydrogen) atoms. The minimum atomic E-state index is -1.19. The molecular formula is C12H21N3O5. The molecule has 114 valence electrons. The van der Waals surface area contributed by atoms with E-state index < -0.39 is 31.0 Å². The van der Waals surface area contributed by atoms with Crippen LogP contribution in [0.1, 0.15) is 12.8 Å². The highest BCUT2D eigenvalue weighted by Gasteiger charge is 2.24. The Kier molecular flexibility index (Phi) is 6.23. The van der Waals surface area contributed by atoms with E-state index in [0.717, 1.165) is 24.3 Å². The van der Waals surface area contributed by atoms with Crippen LogP contribution in [0.4, 0.5) is 4.79 Å². The molecule has 1 aliphatic rings. The average molecular weight is 287 g/mol. The molecule has 0 bridgehead atoms. The van der Waals surface area contributed by atoms with Gasteiger partial charge < -0.3 is 25.4 Å². The van der Waals surface area contributed by atoms with Crippen LogP contribution in [-0.2, 0) is 14.3 Å². The first kappa shape index (κ1) is 16.2. The number of amides is 3. The van der Waals surface area contributed by atoms with Gasteiger partial charge in [0.05, 0.1) is 6.61 Å². The Labute approximate surface area is 117 Å². The standard InChI is InChI=1S/C12H21N3O5/c1-14(5-9-3-2-4-20-8-9)12(19)15(6-10(13)16)7-11(17)18/h9H,2-8H2,1H3,(H2,13,16)(H,17,18). The molecule has 0 spiro atoms. The van der Waals surface area contributed by atoms with Gasteiger partial charge in [0.25, 0.3) is 0 Å². The number of hydrogen-bond acceptors (Lipinski definition) is 4. The summed E-state index contributed by atoms with van der Waals surface area (Å²) in [4.78, 5) is 36.1. The zero-order valence-electron chi connectivity index (χ0n) is 11.6. The van der Waals surface area contributed by atoms with Crippen LogP contribution in [0.3, 0.4) is 0 Å². The number of carboxylic acid groups (broad SMARTS) is 1. The quantitative estimate of drug-likeness (QED) is 0.673. The van der Waals surface area contributed by atoms with Crippen molar-refractivity contribution < 1.29 is 24.2 Å². The van der Waals surface area contributed by atoms with E-state index in [9.17, 15) is 14.4 Å². The van der Waals surface area contributed by atoms with Crippen molar-refractivity contribution in [3.63, 3.8) is 0 Å². The van der Waals surface area contributed by atoms with Crippen molar-refractivity contribution in [1.29, 1.82) is 0 Å². The van der Waals surface area contributed by atoms with Gasteiger partial charge in [0.15, 0.2) is 0 Å². The van der Waals surface area contributed by atoms with Gasteiger partial charge in [-0.05, 0) is 12.8 Å². The summed E-state index contributed by atoms with van der Waals surface area (Å²) >= 11 is 0. The molecule has 0 aromatic heterocycles. The van der Waals surface area contributed by atoms with Gasteiger partial charge in [-0.2, -0.15) is 0 Å². The van der Waals surface area contributed by atoms with Gasteiger partial charge >= 0.3 is 12.0 Å². The first-order valence-corrected chi connectivity index (χ1v) is 6.48. The van der Waals surface area contributed by atoms with Crippen molar-refractivity contribution in [2.24, 2.45) is 11.7 Å². The van der Waals surface area contributed by atoms with E-state index >= 15 is 0 Å². The maximum absolute atomic E-state index is 12.1. The Hall–Kier alpha value is -1.83. The molecule has 1 fully saturated rings. The van der Waals surface area contributed by atoms with Gasteiger partial charge in [-0.1, -0.05) is 0 Å². The number of primary amides is 1. The lowest BCUT2D eigenvalue weighted by Crippen LogP contribution is -2.48. The lowest BCUT2D eigenvalue weighted by molar-refractivity contribution is -0.138. The number of nitrogens with two attached hydrogens (primary N) is 1. The number of carbonyl (C=O) groups excluding carboxylic acids is 2. The minimum absolute atomic E-state index is 0.234. The molecule has 0 aliphatic carbocycles. The molecule has 3 N–H and O–H groups in total. The van der Waals surface area contributed by atoms with Crippen molar-refractivity contribution in [3.05, 3.63) is 0 Å². The average Bonchev–Trinajstić information content (AvgIpc) is 2.37. The van der Waals surface area contributed by atoms with Crippen LogP contribution in [0, 0.1) is 5.92 Å². The van der Waals surface area contributed by atoms with E-state index in [2.05, 4.69) is 0 Å². The number of aliphatic carboxylic acids is 1. The normalized spacial score (nSPS) is 18.4. The number of rotatable bonds is 6. The summed E-state index contributed by atoms with van der Waals surface area (Å²) in [5.74, 6) is -1.69. The second-order valence-electron chi connectivity index (χ2n) is 4.96. The lowest BCUT2D eigenvalue weighted by atomic mass is 10.0. The minimum Gasteiger partial charge on any atom is -0.480 e. The monoisotopic (exact) mass is 287 g/mol. The third-order valence-electron chi connectivity index (χ3n) is 3.06. The Balaban J connectivity index is 2.56. The van der Waals surface area contributed by atoms with Crippen LogP contribution >= 0.6 is 0 Å². The van der Waals surface area contributed by atoms with Gasteiger partial charge in [0, 0.05) is 26.1 Å². The summed E-state index contributed by atoms with van der Waals surface area (Å²) in [6, 6.07) is -0.517. The Bertz CT molecular complexity index is 352. The van der Waals surface area contributed by atoms with Crippen LogP contribution in [0.15, 0.2) is 0 Å². The second-order valence-corrected chi connectivity index (χ2v) is 4.96. The largest absolute Gasteiger partial charge is 0.480 e. The Morgan fingerprint density at radius 1 is 1.35 bits per heavy atom. The van der Waals surface area contributed by atoms with Crippen molar-refractivity contribution in [2.75, 3.05) is 39.9 Å². The zero-order valence-corrected chi connectivity index (χ0v) is 11.6. The van der Waals surface area contributed by atoms with Gasteiger partial charge in [0.1, 0.15) is 13.1 Å². The maximum atomic E-state index is 12.1. The molecule has 8 nitrogen and oxygen atoms in total. The highest BCUT2D eigenvalue weighted by atomic mass is 16.5. The predicted octanol–water partition coefficient (Wildman–Crippen LogP) is -0.663. The SMILES string of the molecule is CN(CC1CCCOC1)C(=O)N(CC(N)=O)CC(=O)O. The third-order valence-corrected chi connectivity index (χ3v) is 3.06. The van der Waals surface area contributed by atoms with E-state index in [0.29, 0.717) is 13.2 Å². The molecule has 1 aliphatic heterocycles. The summed E-state index contributed by atoms with van der Waals surface area (Å²) in [5, 5.41) is 8.76. The summed E-state index contributed by atoms with van der Waals surface area (Å²) in [6.07, 6.45) is 1.92. The van der Waals surface area contributed by atoms with Crippen molar-refractivity contribution in [2.45, 2.75) is 12.8 Å². The number of carbonyl (C=O) groups is 3. The molecule has 3 amide bonds. The number of urea groups is 1. The molecule has 0 aromatic rings. The fraction of sp³-hybridized carbons (Fsp3) is 0.750. The first-order chi connectivity index (χ1) is 9.40. The number of ether oxygens (including phenoxy) is 1.